The van der Waals surface area contributed by atoms with Crippen LogP contribution in [0.15, 0.2) is 41.8 Å². The highest BCUT2D eigenvalue weighted by molar-refractivity contribution is 7.11. The van der Waals surface area contributed by atoms with E-state index in [9.17, 15) is 9.59 Å². The minimum absolute atomic E-state index is 0.0192. The summed E-state index contributed by atoms with van der Waals surface area (Å²) in [6.45, 7) is 4.54. The molecule has 3 rings (SSSR count). The SMILES string of the molecule is CC1(C)Nc2ccccc2N(CCCOC(=O)c2cccs2)C1=O. The number of esters is 1. The smallest absolute Gasteiger partial charge is 0.348 e. The highest BCUT2D eigenvalue weighted by Crippen LogP contribution is 2.34. The van der Waals surface area contributed by atoms with Crippen LogP contribution in [0.3, 0.4) is 0 Å². The molecule has 24 heavy (non-hydrogen) atoms. The lowest BCUT2D eigenvalue weighted by atomic mass is 9.98. The Labute approximate surface area is 145 Å². The van der Waals surface area contributed by atoms with Gasteiger partial charge in [-0.3, -0.25) is 4.79 Å². The van der Waals surface area contributed by atoms with Gasteiger partial charge in [0.05, 0.1) is 18.0 Å². The Morgan fingerprint density at radius 1 is 1.25 bits per heavy atom. The predicted octanol–water partition coefficient (Wildman–Crippen LogP) is 3.53. The summed E-state index contributed by atoms with van der Waals surface area (Å²) in [4.78, 5) is 26.9. The van der Waals surface area contributed by atoms with Crippen LogP contribution in [0.5, 0.6) is 0 Å². The third-order valence-electron chi connectivity index (χ3n) is 3.90. The predicted molar refractivity (Wildman–Crippen MR) is 95.7 cm³/mol. The first kappa shape index (κ1) is 16.5. The van der Waals surface area contributed by atoms with E-state index >= 15 is 0 Å². The van der Waals surface area contributed by atoms with Crippen molar-refractivity contribution in [2.45, 2.75) is 25.8 Å². The van der Waals surface area contributed by atoms with E-state index in [1.54, 1.807) is 11.0 Å². The van der Waals surface area contributed by atoms with E-state index in [0.29, 0.717) is 17.8 Å². The van der Waals surface area contributed by atoms with Crippen molar-refractivity contribution >= 4 is 34.6 Å². The molecule has 0 saturated carbocycles. The van der Waals surface area contributed by atoms with Crippen molar-refractivity contribution < 1.29 is 14.3 Å². The van der Waals surface area contributed by atoms with E-state index in [1.807, 2.05) is 49.6 Å². The maximum absolute atomic E-state index is 12.7. The fourth-order valence-corrected chi connectivity index (χ4v) is 3.34. The summed E-state index contributed by atoms with van der Waals surface area (Å²) in [6, 6.07) is 11.3. The second-order valence-electron chi connectivity index (χ2n) is 6.19. The third-order valence-corrected chi connectivity index (χ3v) is 4.75. The van der Waals surface area contributed by atoms with Gasteiger partial charge in [0.2, 0.25) is 0 Å². The highest BCUT2D eigenvalue weighted by Gasteiger charge is 2.38. The van der Waals surface area contributed by atoms with Gasteiger partial charge in [0.1, 0.15) is 10.4 Å². The number of para-hydroxylation sites is 2. The minimum atomic E-state index is -0.651. The number of fused-ring (bicyclic) bond motifs is 1. The van der Waals surface area contributed by atoms with Gasteiger partial charge in [-0.25, -0.2) is 4.79 Å². The molecule has 0 atom stereocenters. The molecule has 1 aliphatic rings. The van der Waals surface area contributed by atoms with Crippen molar-refractivity contribution in [3.05, 3.63) is 46.7 Å². The number of benzene rings is 1. The Morgan fingerprint density at radius 3 is 2.79 bits per heavy atom. The zero-order valence-corrected chi connectivity index (χ0v) is 14.6. The second-order valence-corrected chi connectivity index (χ2v) is 7.14. The molecular formula is C18H20N2O3S. The number of thiophene rings is 1. The fraction of sp³-hybridized carbons (Fsp3) is 0.333. The summed E-state index contributed by atoms with van der Waals surface area (Å²) < 4.78 is 5.27. The maximum atomic E-state index is 12.7. The molecule has 1 N–H and O–H groups in total. The van der Waals surface area contributed by atoms with Crippen LogP contribution in [0.4, 0.5) is 11.4 Å². The lowest BCUT2D eigenvalue weighted by molar-refractivity contribution is -0.122. The Bertz CT molecular complexity index is 740. The molecule has 0 fully saturated rings. The molecule has 1 aromatic heterocycles. The maximum Gasteiger partial charge on any atom is 0.348 e. The Hall–Kier alpha value is -2.34. The molecule has 0 unspecified atom stereocenters. The van der Waals surface area contributed by atoms with Gasteiger partial charge in [0.25, 0.3) is 5.91 Å². The van der Waals surface area contributed by atoms with Crippen LogP contribution in [-0.2, 0) is 9.53 Å². The first-order valence-corrected chi connectivity index (χ1v) is 8.77. The quantitative estimate of drug-likeness (QED) is 0.666. The van der Waals surface area contributed by atoms with E-state index in [0.717, 1.165) is 11.4 Å². The largest absolute Gasteiger partial charge is 0.461 e. The number of rotatable bonds is 5. The highest BCUT2D eigenvalue weighted by atomic mass is 32.1. The number of amides is 1. The number of nitrogens with zero attached hydrogens (tertiary/aromatic N) is 1. The topological polar surface area (TPSA) is 58.6 Å². The number of carbonyl (C=O) groups excluding carboxylic acids is 2. The molecule has 1 amide bonds. The molecule has 1 aliphatic heterocycles. The lowest BCUT2D eigenvalue weighted by Gasteiger charge is -2.39. The van der Waals surface area contributed by atoms with Gasteiger partial charge in [0, 0.05) is 6.54 Å². The van der Waals surface area contributed by atoms with Crippen LogP contribution in [-0.4, -0.2) is 30.6 Å². The molecule has 6 heteroatoms. The zero-order valence-electron chi connectivity index (χ0n) is 13.7. The fourth-order valence-electron chi connectivity index (χ4n) is 2.73. The van der Waals surface area contributed by atoms with Crippen molar-refractivity contribution in [3.63, 3.8) is 0 Å². The summed E-state index contributed by atoms with van der Waals surface area (Å²) in [6.07, 6.45) is 0.591. The zero-order chi connectivity index (χ0) is 17.2. The van der Waals surface area contributed by atoms with Crippen LogP contribution < -0.4 is 10.2 Å². The standard InChI is InChI=1S/C18H20N2O3S/c1-18(2)17(22)20(14-8-4-3-7-13(14)19-18)10-6-11-23-16(21)15-9-5-12-24-15/h3-5,7-9,12,19H,6,10-11H2,1-2H3. The van der Waals surface area contributed by atoms with Crippen LogP contribution in [0, 0.1) is 0 Å². The molecule has 0 aliphatic carbocycles. The van der Waals surface area contributed by atoms with Gasteiger partial charge in [-0.15, -0.1) is 11.3 Å². The van der Waals surface area contributed by atoms with E-state index in [1.165, 1.54) is 11.3 Å². The summed E-state index contributed by atoms with van der Waals surface area (Å²) >= 11 is 1.36. The Kier molecular flexibility index (Phi) is 4.57. The number of anilines is 2. The van der Waals surface area contributed by atoms with Gasteiger partial charge < -0.3 is 15.0 Å². The molecule has 0 saturated heterocycles. The molecular weight excluding hydrogens is 324 g/mol. The molecule has 0 bridgehead atoms. The van der Waals surface area contributed by atoms with Crippen LogP contribution in [0.1, 0.15) is 29.9 Å². The van der Waals surface area contributed by atoms with Gasteiger partial charge in [-0.2, -0.15) is 0 Å². The van der Waals surface area contributed by atoms with E-state index in [2.05, 4.69) is 5.32 Å². The monoisotopic (exact) mass is 344 g/mol. The molecule has 0 spiro atoms. The molecule has 2 aromatic rings. The molecule has 0 radical (unpaired) electrons. The lowest BCUT2D eigenvalue weighted by Crippen LogP contribution is -2.54. The Balaban J connectivity index is 1.62. The van der Waals surface area contributed by atoms with Crippen molar-refractivity contribution in [3.8, 4) is 0 Å². The number of nitrogens with one attached hydrogen (secondary N) is 1. The van der Waals surface area contributed by atoms with Crippen molar-refractivity contribution in [1.82, 2.24) is 0 Å². The van der Waals surface area contributed by atoms with Crippen molar-refractivity contribution in [2.24, 2.45) is 0 Å². The average molecular weight is 344 g/mol. The number of carbonyl (C=O) groups is 2. The summed E-state index contributed by atoms with van der Waals surface area (Å²) in [7, 11) is 0. The first-order chi connectivity index (χ1) is 11.5. The molecule has 1 aromatic carbocycles. The van der Waals surface area contributed by atoms with Gasteiger partial charge in [-0.05, 0) is 43.8 Å². The van der Waals surface area contributed by atoms with Crippen LogP contribution >= 0.6 is 11.3 Å². The van der Waals surface area contributed by atoms with E-state index < -0.39 is 5.54 Å². The first-order valence-electron chi connectivity index (χ1n) is 7.89. The van der Waals surface area contributed by atoms with Crippen LogP contribution in [0.25, 0.3) is 0 Å². The second kappa shape index (κ2) is 6.65. The van der Waals surface area contributed by atoms with Gasteiger partial charge in [0.15, 0.2) is 0 Å². The summed E-state index contributed by atoms with van der Waals surface area (Å²) in [5.74, 6) is -0.289. The number of ether oxygens (including phenoxy) is 1. The van der Waals surface area contributed by atoms with Gasteiger partial charge >= 0.3 is 5.97 Å². The van der Waals surface area contributed by atoms with E-state index in [-0.39, 0.29) is 18.5 Å². The van der Waals surface area contributed by atoms with Gasteiger partial charge in [-0.1, -0.05) is 18.2 Å². The average Bonchev–Trinajstić information content (AvgIpc) is 3.08. The molecule has 2 heterocycles. The number of hydrogen-bond acceptors (Lipinski definition) is 5. The minimum Gasteiger partial charge on any atom is -0.461 e. The van der Waals surface area contributed by atoms with Crippen molar-refractivity contribution in [2.75, 3.05) is 23.4 Å². The Morgan fingerprint density at radius 2 is 2.04 bits per heavy atom. The summed E-state index contributed by atoms with van der Waals surface area (Å²) in [5.41, 5.74) is 1.16. The van der Waals surface area contributed by atoms with E-state index in [4.69, 9.17) is 4.74 Å². The summed E-state index contributed by atoms with van der Waals surface area (Å²) in [5, 5.41) is 5.11. The number of hydrogen-bond donors (Lipinski definition) is 1. The van der Waals surface area contributed by atoms with Crippen LogP contribution in [0.2, 0.25) is 0 Å². The normalized spacial score (nSPS) is 15.6. The molecule has 126 valence electrons. The van der Waals surface area contributed by atoms with Crippen molar-refractivity contribution in [1.29, 1.82) is 0 Å². The third kappa shape index (κ3) is 3.28. The molecule has 5 nitrogen and oxygen atoms in total.